The number of esters is 1. The van der Waals surface area contributed by atoms with E-state index < -0.39 is 5.60 Å². The number of carbonyl (C=O) groups is 2. The van der Waals surface area contributed by atoms with Crippen molar-refractivity contribution >= 4 is 12.1 Å². The van der Waals surface area contributed by atoms with Gasteiger partial charge in [0, 0.05) is 19.0 Å². The third-order valence-electron chi connectivity index (χ3n) is 4.06. The lowest BCUT2D eigenvalue weighted by molar-refractivity contribution is -0.144. The van der Waals surface area contributed by atoms with E-state index >= 15 is 0 Å². The molecule has 6 heteroatoms. The first-order valence-corrected chi connectivity index (χ1v) is 9.16. The van der Waals surface area contributed by atoms with Crippen molar-refractivity contribution in [3.63, 3.8) is 0 Å². The van der Waals surface area contributed by atoms with Crippen LogP contribution in [0.5, 0.6) is 0 Å². The van der Waals surface area contributed by atoms with Crippen molar-refractivity contribution in [3.05, 3.63) is 0 Å². The number of carbonyl (C=O) groups excluding carboxylic acids is 2. The molecular weight excluding hydrogens is 308 g/mol. The van der Waals surface area contributed by atoms with Gasteiger partial charge in [-0.25, -0.2) is 4.79 Å². The molecule has 0 saturated heterocycles. The third-order valence-corrected chi connectivity index (χ3v) is 4.06. The number of amides is 1. The van der Waals surface area contributed by atoms with E-state index in [1.54, 1.807) is 0 Å². The van der Waals surface area contributed by atoms with Crippen LogP contribution in [0.3, 0.4) is 0 Å². The fourth-order valence-electron chi connectivity index (χ4n) is 2.93. The summed E-state index contributed by atoms with van der Waals surface area (Å²) < 4.78 is 10.2. The van der Waals surface area contributed by atoms with Gasteiger partial charge < -0.3 is 20.1 Å². The van der Waals surface area contributed by atoms with Gasteiger partial charge in [-0.2, -0.15) is 0 Å². The summed E-state index contributed by atoms with van der Waals surface area (Å²) in [5.41, 5.74) is -0.454. The van der Waals surface area contributed by atoms with Gasteiger partial charge in [0.15, 0.2) is 0 Å². The quantitative estimate of drug-likeness (QED) is 0.524. The van der Waals surface area contributed by atoms with Crippen molar-refractivity contribution in [2.45, 2.75) is 77.9 Å². The van der Waals surface area contributed by atoms with Crippen molar-refractivity contribution in [2.75, 3.05) is 19.7 Å². The van der Waals surface area contributed by atoms with Crippen LogP contribution in [0.25, 0.3) is 0 Å². The molecule has 1 amide bonds. The van der Waals surface area contributed by atoms with E-state index in [-0.39, 0.29) is 12.1 Å². The number of hydrogen-bond donors (Lipinski definition) is 2. The van der Waals surface area contributed by atoms with Crippen LogP contribution >= 0.6 is 0 Å². The maximum atomic E-state index is 11.5. The molecule has 6 nitrogen and oxygen atoms in total. The molecule has 0 aromatic carbocycles. The Balaban J connectivity index is 2.04. The van der Waals surface area contributed by atoms with Crippen LogP contribution in [-0.4, -0.2) is 43.4 Å². The van der Waals surface area contributed by atoms with Gasteiger partial charge in [0.05, 0.1) is 6.61 Å². The summed E-state index contributed by atoms with van der Waals surface area (Å²) in [7, 11) is 0. The summed E-state index contributed by atoms with van der Waals surface area (Å²) in [6, 6.07) is 0.518. The van der Waals surface area contributed by atoms with Gasteiger partial charge in [0.2, 0.25) is 0 Å². The number of ether oxygens (including phenoxy) is 2. The lowest BCUT2D eigenvalue weighted by atomic mass is 9.84. The highest BCUT2D eigenvalue weighted by Gasteiger charge is 2.23. The molecule has 0 aliphatic heterocycles. The second-order valence-electron chi connectivity index (χ2n) is 7.46. The lowest BCUT2D eigenvalue weighted by Crippen LogP contribution is -2.37. The molecule has 1 fully saturated rings. The van der Waals surface area contributed by atoms with E-state index in [1.165, 1.54) is 0 Å². The van der Waals surface area contributed by atoms with Gasteiger partial charge in [-0.05, 0) is 72.3 Å². The van der Waals surface area contributed by atoms with E-state index in [0.29, 0.717) is 31.5 Å². The van der Waals surface area contributed by atoms with E-state index in [0.717, 1.165) is 38.6 Å². The first-order chi connectivity index (χ1) is 11.3. The molecule has 1 saturated carbocycles. The maximum absolute atomic E-state index is 11.5. The minimum Gasteiger partial charge on any atom is -0.466 e. The molecule has 1 aliphatic rings. The number of rotatable bonds is 8. The standard InChI is InChI=1S/C18H34N2O4/c1-5-23-16(21)13-14-7-9-15(10-8-14)19-11-6-12-20-17(22)24-18(2,3)4/h14-15,19H,5-13H2,1-4H3,(H,20,22). The first-order valence-electron chi connectivity index (χ1n) is 9.16. The van der Waals surface area contributed by atoms with Gasteiger partial charge in [0.25, 0.3) is 0 Å². The van der Waals surface area contributed by atoms with E-state index in [1.807, 2.05) is 27.7 Å². The zero-order valence-electron chi connectivity index (χ0n) is 15.7. The SMILES string of the molecule is CCOC(=O)CC1CCC(NCCCNC(=O)OC(C)(C)C)CC1. The fraction of sp³-hybridized carbons (Fsp3) is 0.889. The van der Waals surface area contributed by atoms with Gasteiger partial charge in [-0.3, -0.25) is 4.79 Å². The van der Waals surface area contributed by atoms with E-state index in [4.69, 9.17) is 9.47 Å². The Morgan fingerprint density at radius 1 is 1.08 bits per heavy atom. The first kappa shape index (κ1) is 20.7. The second-order valence-corrected chi connectivity index (χ2v) is 7.46. The van der Waals surface area contributed by atoms with Crippen molar-refractivity contribution in [3.8, 4) is 0 Å². The van der Waals surface area contributed by atoms with Crippen LogP contribution in [0.15, 0.2) is 0 Å². The summed E-state index contributed by atoms with van der Waals surface area (Å²) >= 11 is 0. The molecule has 0 aromatic rings. The minimum absolute atomic E-state index is 0.0675. The Hall–Kier alpha value is -1.30. The van der Waals surface area contributed by atoms with Crippen LogP contribution in [0.1, 0.15) is 66.2 Å². The minimum atomic E-state index is -0.454. The molecule has 1 aliphatic carbocycles. The molecule has 0 spiro atoms. The van der Waals surface area contributed by atoms with Gasteiger partial charge in [-0.1, -0.05) is 0 Å². The Kier molecular flexibility index (Phi) is 9.11. The molecule has 1 rings (SSSR count). The highest BCUT2D eigenvalue weighted by Crippen LogP contribution is 2.27. The molecule has 0 aromatic heterocycles. The highest BCUT2D eigenvalue weighted by atomic mass is 16.6. The number of alkyl carbamates (subject to hydrolysis) is 1. The Bertz CT molecular complexity index is 385. The van der Waals surface area contributed by atoms with E-state index in [9.17, 15) is 9.59 Å². The summed E-state index contributed by atoms with van der Waals surface area (Å²) in [6.07, 6.45) is 5.43. The molecule has 0 bridgehead atoms. The largest absolute Gasteiger partial charge is 0.466 e. The molecular formula is C18H34N2O4. The van der Waals surface area contributed by atoms with Gasteiger partial charge in [-0.15, -0.1) is 0 Å². The van der Waals surface area contributed by atoms with Crippen LogP contribution in [0.4, 0.5) is 4.79 Å². The molecule has 2 N–H and O–H groups in total. The van der Waals surface area contributed by atoms with Crippen molar-refractivity contribution in [2.24, 2.45) is 5.92 Å². The lowest BCUT2D eigenvalue weighted by Gasteiger charge is -2.28. The average molecular weight is 342 g/mol. The van der Waals surface area contributed by atoms with Gasteiger partial charge >= 0.3 is 12.1 Å². The topological polar surface area (TPSA) is 76.7 Å². The molecule has 0 heterocycles. The predicted octanol–water partition coefficient (Wildman–Crippen LogP) is 3.00. The summed E-state index contributed by atoms with van der Waals surface area (Å²) in [5, 5.41) is 6.30. The Labute approximate surface area is 146 Å². The molecule has 24 heavy (non-hydrogen) atoms. The average Bonchev–Trinajstić information content (AvgIpc) is 2.47. The summed E-state index contributed by atoms with van der Waals surface area (Å²) in [5.74, 6) is 0.401. The molecule has 0 unspecified atom stereocenters. The summed E-state index contributed by atoms with van der Waals surface area (Å²) in [4.78, 5) is 23.0. The van der Waals surface area contributed by atoms with Crippen LogP contribution in [-0.2, 0) is 14.3 Å². The van der Waals surface area contributed by atoms with Gasteiger partial charge in [0.1, 0.15) is 5.60 Å². The highest BCUT2D eigenvalue weighted by molar-refractivity contribution is 5.69. The van der Waals surface area contributed by atoms with Crippen molar-refractivity contribution in [1.29, 1.82) is 0 Å². The maximum Gasteiger partial charge on any atom is 0.407 e. The fourth-order valence-corrected chi connectivity index (χ4v) is 2.93. The molecule has 140 valence electrons. The smallest absolute Gasteiger partial charge is 0.407 e. The predicted molar refractivity (Wildman–Crippen MR) is 93.9 cm³/mol. The van der Waals surface area contributed by atoms with Crippen LogP contribution in [0.2, 0.25) is 0 Å². The van der Waals surface area contributed by atoms with Crippen molar-refractivity contribution in [1.82, 2.24) is 10.6 Å². The van der Waals surface area contributed by atoms with Crippen LogP contribution < -0.4 is 10.6 Å². The van der Waals surface area contributed by atoms with E-state index in [2.05, 4.69) is 10.6 Å². The Morgan fingerprint density at radius 3 is 2.33 bits per heavy atom. The molecule has 0 radical (unpaired) electrons. The zero-order chi connectivity index (χ0) is 18.0. The normalized spacial score (nSPS) is 21.2. The molecule has 0 atom stereocenters. The summed E-state index contributed by atoms with van der Waals surface area (Å²) in [6.45, 7) is 9.36. The number of nitrogens with one attached hydrogen (secondary N) is 2. The zero-order valence-corrected chi connectivity index (χ0v) is 15.7. The number of hydrogen-bond acceptors (Lipinski definition) is 5. The second kappa shape index (κ2) is 10.5. The van der Waals surface area contributed by atoms with Crippen molar-refractivity contribution < 1.29 is 19.1 Å². The van der Waals surface area contributed by atoms with Crippen LogP contribution in [0, 0.1) is 5.92 Å². The third kappa shape index (κ3) is 9.75. The Morgan fingerprint density at radius 2 is 1.75 bits per heavy atom. The monoisotopic (exact) mass is 342 g/mol.